The lowest BCUT2D eigenvalue weighted by atomic mass is 9.81. The molecule has 1 saturated carbocycles. The molecule has 0 amide bonds. The number of aryl methyl sites for hydroxylation is 3. The van der Waals surface area contributed by atoms with Crippen LogP contribution in [0.1, 0.15) is 16.7 Å². The molecular formula is C27H21F11O3S2. The maximum atomic E-state index is 16.0. The molecule has 0 aromatic heterocycles. The smallest absolute Gasteiger partial charge is 0.209 e. The molecule has 0 unspecified atom stereocenters. The second-order valence-corrected chi connectivity index (χ2v) is 14.5. The van der Waals surface area contributed by atoms with Crippen molar-refractivity contribution < 1.29 is 60.3 Å². The Morgan fingerprint density at radius 1 is 0.442 bits per heavy atom. The van der Waals surface area contributed by atoms with Crippen LogP contribution in [0.15, 0.2) is 87.5 Å². The van der Waals surface area contributed by atoms with Crippen LogP contribution in [-0.2, 0) is 13.7 Å². The molecule has 0 aliphatic heterocycles. The Hall–Kier alpha value is -2.85. The largest absolute Gasteiger partial charge is 0.384 e. The van der Waals surface area contributed by atoms with Crippen molar-refractivity contribution in [1.82, 2.24) is 0 Å². The van der Waals surface area contributed by atoms with Gasteiger partial charge in [0.05, 0.1) is 0 Å². The van der Waals surface area contributed by atoms with E-state index in [9.17, 15) is 52.3 Å². The molecular weight excluding hydrogens is 645 g/mol. The van der Waals surface area contributed by atoms with E-state index < -0.39 is 55.0 Å². The molecule has 0 spiro atoms. The van der Waals surface area contributed by atoms with E-state index in [-0.39, 0.29) is 14.7 Å². The third kappa shape index (κ3) is 4.15. The van der Waals surface area contributed by atoms with Crippen LogP contribution in [0.4, 0.5) is 48.3 Å². The van der Waals surface area contributed by atoms with Gasteiger partial charge in [0, 0.05) is 14.7 Å². The van der Waals surface area contributed by atoms with Crippen molar-refractivity contribution in [3.8, 4) is 0 Å². The van der Waals surface area contributed by atoms with Crippen molar-refractivity contribution >= 4 is 20.4 Å². The van der Waals surface area contributed by atoms with Gasteiger partial charge >= 0.3 is 44.7 Å². The van der Waals surface area contributed by atoms with Crippen LogP contribution in [0.3, 0.4) is 0 Å². The van der Waals surface area contributed by atoms with Gasteiger partial charge in [0.25, 0.3) is 0 Å². The fourth-order valence-electron chi connectivity index (χ4n) is 4.40. The fraction of sp³-hybridized carbons (Fsp3) is 0.333. The normalized spacial score (nSPS) is 22.1. The van der Waals surface area contributed by atoms with Gasteiger partial charge in [0.2, 0.25) is 0 Å². The minimum atomic E-state index is -7.75. The molecule has 1 aliphatic rings. The van der Waals surface area contributed by atoms with Crippen LogP contribution in [-0.4, -0.2) is 43.0 Å². The summed E-state index contributed by atoms with van der Waals surface area (Å²) in [5.41, 5.74) is 1.55. The highest BCUT2D eigenvalue weighted by Gasteiger charge is 3.04. The highest BCUT2D eigenvalue weighted by atomic mass is 32.3. The van der Waals surface area contributed by atoms with E-state index in [1.807, 2.05) is 0 Å². The predicted octanol–water partition coefficient (Wildman–Crippen LogP) is 9.01. The number of hydrogen-bond acceptors (Lipinski definition) is 3. The maximum Gasteiger partial charge on any atom is 0.384 e. The lowest BCUT2D eigenvalue weighted by Crippen LogP contribution is -2.85. The fourth-order valence-corrected chi connectivity index (χ4v) is 10.1. The summed E-state index contributed by atoms with van der Waals surface area (Å²) in [5, 5.41) is -7.40. The van der Waals surface area contributed by atoms with Crippen LogP contribution in [0.5, 0.6) is 0 Å². The molecule has 43 heavy (non-hydrogen) atoms. The van der Waals surface area contributed by atoms with E-state index in [0.717, 1.165) is 36.4 Å². The minimum absolute atomic E-state index is 0.315. The van der Waals surface area contributed by atoms with E-state index >= 15 is 4.39 Å². The van der Waals surface area contributed by atoms with E-state index in [0.29, 0.717) is 16.7 Å². The third-order valence-corrected chi connectivity index (χ3v) is 12.5. The summed E-state index contributed by atoms with van der Waals surface area (Å²) in [4.78, 5) is -0.946. The SMILES string of the molecule is Cc1ccc(S(OS(=O)(=O)C2(F)C(F)(F)C(F)(F)C(F)(F)C(F)(F)C2(F)F)(c2ccc(C)cc2)c2ccc(C)cc2)cc1. The molecule has 236 valence electrons. The van der Waals surface area contributed by atoms with E-state index in [1.165, 1.54) is 36.4 Å². The molecule has 0 heterocycles. The van der Waals surface area contributed by atoms with Crippen LogP contribution in [0.25, 0.3) is 0 Å². The van der Waals surface area contributed by atoms with Gasteiger partial charge in [-0.3, -0.25) is 0 Å². The Morgan fingerprint density at radius 2 is 0.674 bits per heavy atom. The van der Waals surface area contributed by atoms with Crippen LogP contribution < -0.4 is 0 Å². The summed E-state index contributed by atoms with van der Waals surface area (Å²) in [6, 6.07) is 14.8. The third-order valence-electron chi connectivity index (χ3n) is 6.98. The quantitative estimate of drug-likeness (QED) is 0.247. The zero-order valence-corrected chi connectivity index (χ0v) is 23.8. The van der Waals surface area contributed by atoms with Gasteiger partial charge in [-0.15, -0.1) is 0 Å². The van der Waals surface area contributed by atoms with Gasteiger partial charge in [0.15, 0.2) is 0 Å². The molecule has 0 atom stereocenters. The monoisotopic (exact) mass is 666 g/mol. The Morgan fingerprint density at radius 3 is 0.930 bits per heavy atom. The number of hydrogen-bond donors (Lipinski definition) is 0. The van der Waals surface area contributed by atoms with Gasteiger partial charge in [-0.25, -0.2) is 8.02 Å². The van der Waals surface area contributed by atoms with Gasteiger partial charge in [-0.05, 0) is 67.5 Å². The first-order valence-corrected chi connectivity index (χ1v) is 15.0. The molecule has 3 aromatic rings. The maximum absolute atomic E-state index is 16.0. The van der Waals surface area contributed by atoms with Gasteiger partial charge in [0.1, 0.15) is 0 Å². The predicted molar refractivity (Wildman–Crippen MR) is 135 cm³/mol. The summed E-state index contributed by atoms with van der Waals surface area (Å²) in [7, 11) is -12.0. The first kappa shape index (κ1) is 33.1. The second kappa shape index (κ2) is 9.83. The first-order chi connectivity index (χ1) is 19.5. The summed E-state index contributed by atoms with van der Waals surface area (Å²) in [6.45, 7) is 4.67. The van der Waals surface area contributed by atoms with Crippen molar-refractivity contribution in [1.29, 1.82) is 0 Å². The van der Waals surface area contributed by atoms with E-state index in [4.69, 9.17) is 3.63 Å². The van der Waals surface area contributed by atoms with E-state index in [2.05, 4.69) is 0 Å². The molecule has 0 bridgehead atoms. The molecule has 16 heteroatoms. The summed E-state index contributed by atoms with van der Waals surface area (Å²) in [6.07, 6.45) is 0. The van der Waals surface area contributed by atoms with Crippen molar-refractivity contribution in [3.63, 3.8) is 0 Å². The minimum Gasteiger partial charge on any atom is -0.209 e. The molecule has 1 aliphatic carbocycles. The number of benzene rings is 3. The van der Waals surface area contributed by atoms with Crippen LogP contribution >= 0.6 is 10.3 Å². The van der Waals surface area contributed by atoms with Crippen LogP contribution in [0.2, 0.25) is 0 Å². The van der Waals surface area contributed by atoms with Crippen molar-refractivity contribution in [2.45, 2.75) is 70.1 Å². The Labute approximate surface area is 240 Å². The molecule has 0 saturated heterocycles. The Kier molecular flexibility index (Phi) is 7.55. The lowest BCUT2D eigenvalue weighted by molar-refractivity contribution is -0.470. The van der Waals surface area contributed by atoms with Crippen molar-refractivity contribution in [3.05, 3.63) is 89.5 Å². The molecule has 4 rings (SSSR count). The van der Waals surface area contributed by atoms with Crippen molar-refractivity contribution in [2.24, 2.45) is 0 Å². The van der Waals surface area contributed by atoms with Gasteiger partial charge in [-0.2, -0.15) is 52.3 Å². The average Bonchev–Trinajstić information content (AvgIpc) is 2.91. The first-order valence-electron chi connectivity index (χ1n) is 12.0. The molecule has 0 radical (unpaired) electrons. The zero-order valence-electron chi connectivity index (χ0n) is 22.1. The Bertz CT molecular complexity index is 1480. The molecule has 3 nitrogen and oxygen atoms in total. The number of halogens is 11. The molecule has 0 N–H and O–H groups in total. The lowest BCUT2D eigenvalue weighted by Gasteiger charge is -2.52. The van der Waals surface area contributed by atoms with Gasteiger partial charge in [-0.1, -0.05) is 53.1 Å². The number of rotatable bonds is 6. The summed E-state index contributed by atoms with van der Waals surface area (Å²) < 4.78 is 192. The topological polar surface area (TPSA) is 43.4 Å². The molecule has 3 aromatic carbocycles. The van der Waals surface area contributed by atoms with Crippen LogP contribution in [0, 0.1) is 20.8 Å². The number of alkyl halides is 11. The summed E-state index contributed by atoms with van der Waals surface area (Å²) >= 11 is 0. The van der Waals surface area contributed by atoms with Gasteiger partial charge < -0.3 is 0 Å². The van der Waals surface area contributed by atoms with E-state index in [1.54, 1.807) is 20.8 Å². The summed E-state index contributed by atoms with van der Waals surface area (Å²) in [5.74, 6) is -38.1. The Balaban J connectivity index is 2.13. The molecule has 1 fully saturated rings. The highest BCUT2D eigenvalue weighted by Crippen LogP contribution is 2.75. The second-order valence-electron chi connectivity index (χ2n) is 9.98. The van der Waals surface area contributed by atoms with Crippen molar-refractivity contribution in [2.75, 3.05) is 0 Å². The zero-order chi connectivity index (χ0) is 32.7. The standard InChI is InChI=1S/C27H21F11O3S2/c1-16-4-10-19(11-5-16)42(20-12-6-17(2)7-13-20,21-14-8-18(3)9-15-21)41-43(39,40)27(38)25(34,35)23(30,31)22(28,29)24(32,33)26(27,36)37/h4-15H,1-3H3. The highest BCUT2D eigenvalue weighted by molar-refractivity contribution is 8.33. The average molecular weight is 667 g/mol.